The third-order valence-corrected chi connectivity index (χ3v) is 3.74. The molecule has 0 saturated heterocycles. The predicted octanol–water partition coefficient (Wildman–Crippen LogP) is 3.08. The molecule has 0 aliphatic rings. The van der Waals surface area contributed by atoms with E-state index in [9.17, 15) is 0 Å². The summed E-state index contributed by atoms with van der Waals surface area (Å²) in [6.07, 6.45) is 2.03. The van der Waals surface area contributed by atoms with Gasteiger partial charge in [0.2, 0.25) is 0 Å². The van der Waals surface area contributed by atoms with Crippen LogP contribution in [0, 0.1) is 11.3 Å². The average Bonchev–Trinajstić information content (AvgIpc) is 2.51. The fourth-order valence-electron chi connectivity index (χ4n) is 1.34. The molecule has 0 aliphatic heterocycles. The molecule has 2 rings (SSSR count). The lowest BCUT2D eigenvalue weighted by Crippen LogP contribution is -1.81. The monoisotopic (exact) mass is 220 g/mol. The fraction of sp³-hybridized carbons (Fsp3) is 0.100. The van der Waals surface area contributed by atoms with Gasteiger partial charge in [0, 0.05) is 15.0 Å². The lowest BCUT2D eigenvalue weighted by Gasteiger charge is -1.94. The molecule has 14 heavy (non-hydrogen) atoms. The van der Waals surface area contributed by atoms with Gasteiger partial charge in [-0.05, 0) is 18.4 Å². The predicted molar refractivity (Wildman–Crippen MR) is 62.7 cm³/mol. The van der Waals surface area contributed by atoms with E-state index in [-0.39, 0.29) is 0 Å². The zero-order valence-electron chi connectivity index (χ0n) is 7.57. The summed E-state index contributed by atoms with van der Waals surface area (Å²) in [5, 5.41) is 10.5. The van der Waals surface area contributed by atoms with Crippen molar-refractivity contribution in [2.45, 2.75) is 4.90 Å². The Morgan fingerprint density at radius 2 is 2.29 bits per heavy atom. The second-order valence-corrected chi connectivity index (χ2v) is 4.78. The number of nitrogen functional groups attached to an aromatic ring is 1. The molecule has 2 nitrogen and oxygen atoms in total. The third-order valence-electron chi connectivity index (χ3n) is 2.04. The topological polar surface area (TPSA) is 49.8 Å². The molecule has 1 aromatic heterocycles. The minimum absolute atomic E-state index is 0.609. The van der Waals surface area contributed by atoms with Gasteiger partial charge in [-0.2, -0.15) is 5.26 Å². The highest BCUT2D eigenvalue weighted by Gasteiger charge is 2.08. The van der Waals surface area contributed by atoms with E-state index in [0.29, 0.717) is 10.6 Å². The Morgan fingerprint density at radius 3 is 2.93 bits per heavy atom. The number of thiophene rings is 1. The molecule has 2 aromatic rings. The van der Waals surface area contributed by atoms with Crippen LogP contribution in [0.25, 0.3) is 10.1 Å². The fourth-order valence-corrected chi connectivity index (χ4v) is 2.81. The Hall–Kier alpha value is -1.18. The van der Waals surface area contributed by atoms with Crippen molar-refractivity contribution in [2.75, 3.05) is 12.0 Å². The summed E-state index contributed by atoms with van der Waals surface area (Å²) < 4.78 is 1.09. The second kappa shape index (κ2) is 3.52. The summed E-state index contributed by atoms with van der Waals surface area (Å²) in [7, 11) is 0. The maximum Gasteiger partial charge on any atom is 0.105 e. The Labute approximate surface area is 90.3 Å². The van der Waals surface area contributed by atoms with Crippen molar-refractivity contribution in [2.24, 2.45) is 0 Å². The van der Waals surface area contributed by atoms with Crippen LogP contribution in [-0.2, 0) is 0 Å². The summed E-state index contributed by atoms with van der Waals surface area (Å²) >= 11 is 3.16. The average molecular weight is 220 g/mol. The summed E-state index contributed by atoms with van der Waals surface area (Å²) in [5.41, 5.74) is 6.35. The number of anilines is 1. The van der Waals surface area contributed by atoms with E-state index in [0.717, 1.165) is 10.1 Å². The molecule has 0 bridgehead atoms. The molecule has 0 unspecified atom stereocenters. The molecular formula is C10H8N2S2. The molecule has 2 N–H and O–H groups in total. The first-order chi connectivity index (χ1) is 6.76. The molecule has 0 spiro atoms. The molecule has 1 heterocycles. The number of rotatable bonds is 1. The molecule has 4 heteroatoms. The number of thioether (sulfide) groups is 1. The molecule has 0 amide bonds. The number of fused-ring (bicyclic) bond motifs is 1. The van der Waals surface area contributed by atoms with Gasteiger partial charge in [-0.1, -0.05) is 6.07 Å². The normalized spacial score (nSPS) is 10.3. The molecule has 0 fully saturated rings. The number of hydrogen-bond acceptors (Lipinski definition) is 4. The van der Waals surface area contributed by atoms with E-state index in [2.05, 4.69) is 12.1 Å². The number of hydrogen-bond donors (Lipinski definition) is 1. The van der Waals surface area contributed by atoms with E-state index in [1.807, 2.05) is 18.4 Å². The van der Waals surface area contributed by atoms with Crippen molar-refractivity contribution in [1.82, 2.24) is 0 Å². The van der Waals surface area contributed by atoms with Crippen LogP contribution in [0.1, 0.15) is 5.56 Å². The Balaban J connectivity index is 2.76. The zero-order valence-corrected chi connectivity index (χ0v) is 9.21. The summed E-state index contributed by atoms with van der Waals surface area (Å²) in [4.78, 5) is 1.20. The van der Waals surface area contributed by atoms with Crippen LogP contribution in [0.15, 0.2) is 23.1 Å². The molecule has 1 aromatic carbocycles. The minimum Gasteiger partial charge on any atom is -0.389 e. The van der Waals surface area contributed by atoms with Crippen molar-refractivity contribution in [3.8, 4) is 6.07 Å². The first kappa shape index (κ1) is 9.38. The van der Waals surface area contributed by atoms with Gasteiger partial charge in [0.1, 0.15) is 11.1 Å². The highest BCUT2D eigenvalue weighted by molar-refractivity contribution is 7.98. The number of nitrogens with two attached hydrogens (primary N) is 1. The Bertz CT molecular complexity index is 523. The zero-order chi connectivity index (χ0) is 10.1. The van der Waals surface area contributed by atoms with Crippen LogP contribution in [0.5, 0.6) is 0 Å². The van der Waals surface area contributed by atoms with Crippen molar-refractivity contribution in [1.29, 1.82) is 5.26 Å². The van der Waals surface area contributed by atoms with Crippen LogP contribution >= 0.6 is 23.1 Å². The first-order valence-electron chi connectivity index (χ1n) is 4.02. The van der Waals surface area contributed by atoms with E-state index >= 15 is 0 Å². The van der Waals surface area contributed by atoms with E-state index in [1.54, 1.807) is 11.8 Å². The van der Waals surface area contributed by atoms with E-state index in [4.69, 9.17) is 11.0 Å². The van der Waals surface area contributed by atoms with Crippen LogP contribution < -0.4 is 5.73 Å². The van der Waals surface area contributed by atoms with Gasteiger partial charge in [0.15, 0.2) is 0 Å². The third kappa shape index (κ3) is 1.35. The molecule has 0 radical (unpaired) electrons. The Kier molecular flexibility index (Phi) is 2.36. The number of nitriles is 1. The first-order valence-corrected chi connectivity index (χ1v) is 6.06. The van der Waals surface area contributed by atoms with Crippen LogP contribution in [0.3, 0.4) is 0 Å². The molecule has 70 valence electrons. The van der Waals surface area contributed by atoms with Crippen molar-refractivity contribution >= 4 is 38.2 Å². The van der Waals surface area contributed by atoms with E-state index < -0.39 is 0 Å². The van der Waals surface area contributed by atoms with Crippen LogP contribution in [0.4, 0.5) is 5.00 Å². The molecule has 0 aliphatic carbocycles. The molecular weight excluding hydrogens is 212 g/mol. The van der Waals surface area contributed by atoms with Crippen molar-refractivity contribution in [3.05, 3.63) is 23.8 Å². The molecule has 0 saturated carbocycles. The van der Waals surface area contributed by atoms with Crippen LogP contribution in [0.2, 0.25) is 0 Å². The summed E-state index contributed by atoms with van der Waals surface area (Å²) in [5.74, 6) is 0. The lowest BCUT2D eigenvalue weighted by molar-refractivity contribution is 1.50. The summed E-state index contributed by atoms with van der Waals surface area (Å²) in [6.45, 7) is 0. The van der Waals surface area contributed by atoms with Gasteiger partial charge in [-0.3, -0.25) is 0 Å². The largest absolute Gasteiger partial charge is 0.389 e. The highest BCUT2D eigenvalue weighted by atomic mass is 32.2. The van der Waals surface area contributed by atoms with Crippen molar-refractivity contribution in [3.63, 3.8) is 0 Å². The smallest absolute Gasteiger partial charge is 0.105 e. The second-order valence-electron chi connectivity index (χ2n) is 2.82. The van der Waals surface area contributed by atoms with Crippen molar-refractivity contribution < 1.29 is 0 Å². The highest BCUT2D eigenvalue weighted by Crippen LogP contribution is 2.34. The van der Waals surface area contributed by atoms with Gasteiger partial charge < -0.3 is 5.73 Å². The molecule has 0 atom stereocenters. The van der Waals surface area contributed by atoms with E-state index in [1.165, 1.54) is 16.2 Å². The summed E-state index contributed by atoms with van der Waals surface area (Å²) in [6, 6.07) is 8.18. The number of nitrogens with zero attached hydrogens (tertiary/aromatic N) is 1. The standard InChI is InChI=1S/C10H8N2S2/c1-13-6-2-3-7-8(5-11)10(12)14-9(7)4-6/h2-4H,12H2,1H3. The maximum atomic E-state index is 8.90. The van der Waals surface area contributed by atoms with Gasteiger partial charge in [0.25, 0.3) is 0 Å². The SMILES string of the molecule is CSc1ccc2c(C#N)c(N)sc2c1. The van der Waals surface area contributed by atoms with Gasteiger partial charge >= 0.3 is 0 Å². The maximum absolute atomic E-state index is 8.90. The van der Waals surface area contributed by atoms with Crippen LogP contribution in [-0.4, -0.2) is 6.26 Å². The lowest BCUT2D eigenvalue weighted by atomic mass is 10.2. The quantitative estimate of drug-likeness (QED) is 0.751. The number of benzene rings is 1. The van der Waals surface area contributed by atoms with Gasteiger partial charge in [0.05, 0.1) is 5.56 Å². The Morgan fingerprint density at radius 1 is 1.50 bits per heavy atom. The van der Waals surface area contributed by atoms with Gasteiger partial charge in [-0.25, -0.2) is 0 Å². The van der Waals surface area contributed by atoms with Gasteiger partial charge in [-0.15, -0.1) is 23.1 Å². The minimum atomic E-state index is 0.609.